The van der Waals surface area contributed by atoms with E-state index in [9.17, 15) is 14.4 Å². The summed E-state index contributed by atoms with van der Waals surface area (Å²) in [4.78, 5) is 37.3. The molecule has 2 N–H and O–H groups in total. The Labute approximate surface area is 143 Å². The number of H-pyrrole nitrogens is 1. The number of benzene rings is 1. The fraction of sp³-hybridized carbons (Fsp3) is 0.412. The highest BCUT2D eigenvalue weighted by atomic mass is 16.2. The highest BCUT2D eigenvalue weighted by Gasteiger charge is 2.16. The first kappa shape index (κ1) is 16.9. The number of carbonyl (C=O) groups excluding carboxylic acids is 1. The van der Waals surface area contributed by atoms with E-state index in [1.54, 1.807) is 18.2 Å². The molecular formula is C17H21N5O3. The minimum absolute atomic E-state index is 0.0393. The number of nitrogens with one attached hydrogen (secondary N) is 2. The van der Waals surface area contributed by atoms with Gasteiger partial charge in [-0.25, -0.2) is 14.3 Å². The molecule has 1 atom stereocenters. The van der Waals surface area contributed by atoms with Gasteiger partial charge in [-0.3, -0.25) is 14.2 Å². The monoisotopic (exact) mass is 343 g/mol. The molecule has 3 aromatic rings. The van der Waals surface area contributed by atoms with Crippen molar-refractivity contribution in [1.82, 2.24) is 24.5 Å². The van der Waals surface area contributed by atoms with Gasteiger partial charge in [-0.2, -0.15) is 0 Å². The van der Waals surface area contributed by atoms with Crippen molar-refractivity contribution in [2.45, 2.75) is 46.2 Å². The summed E-state index contributed by atoms with van der Waals surface area (Å²) in [6.45, 7) is 6.30. The summed E-state index contributed by atoms with van der Waals surface area (Å²) in [6, 6.07) is 4.80. The molecular weight excluding hydrogens is 322 g/mol. The van der Waals surface area contributed by atoms with Gasteiger partial charge in [0.1, 0.15) is 0 Å². The molecule has 2 aromatic heterocycles. The van der Waals surface area contributed by atoms with Gasteiger partial charge in [-0.05, 0) is 38.0 Å². The number of aromatic nitrogens is 4. The Morgan fingerprint density at radius 3 is 2.76 bits per heavy atom. The number of carbonyl (C=O) groups is 1. The van der Waals surface area contributed by atoms with Crippen molar-refractivity contribution in [3.05, 3.63) is 44.6 Å². The van der Waals surface area contributed by atoms with E-state index in [1.807, 2.05) is 20.8 Å². The van der Waals surface area contributed by atoms with Crippen molar-refractivity contribution in [2.75, 3.05) is 0 Å². The number of rotatable bonds is 5. The van der Waals surface area contributed by atoms with Crippen molar-refractivity contribution in [2.24, 2.45) is 0 Å². The van der Waals surface area contributed by atoms with E-state index >= 15 is 0 Å². The van der Waals surface area contributed by atoms with Crippen LogP contribution in [-0.4, -0.2) is 31.1 Å². The summed E-state index contributed by atoms with van der Waals surface area (Å²) in [7, 11) is 0. The molecule has 3 rings (SSSR count). The predicted octanol–water partition coefficient (Wildman–Crippen LogP) is 1.28. The molecule has 8 nitrogen and oxygen atoms in total. The van der Waals surface area contributed by atoms with Crippen LogP contribution in [0.4, 0.5) is 0 Å². The van der Waals surface area contributed by atoms with E-state index in [0.29, 0.717) is 23.0 Å². The summed E-state index contributed by atoms with van der Waals surface area (Å²) in [5.74, 6) is 0.0162. The Kier molecular flexibility index (Phi) is 4.43. The molecule has 0 saturated heterocycles. The quantitative estimate of drug-likeness (QED) is 0.728. The lowest BCUT2D eigenvalue weighted by Crippen LogP contribution is -2.32. The third kappa shape index (κ3) is 2.84. The lowest BCUT2D eigenvalue weighted by Gasteiger charge is -2.13. The molecule has 1 aromatic carbocycles. The van der Waals surface area contributed by atoms with Gasteiger partial charge in [0.15, 0.2) is 0 Å². The van der Waals surface area contributed by atoms with E-state index in [1.165, 1.54) is 8.97 Å². The minimum atomic E-state index is -0.440. The Morgan fingerprint density at radius 2 is 2.08 bits per heavy atom. The van der Waals surface area contributed by atoms with Gasteiger partial charge in [0, 0.05) is 18.2 Å². The molecule has 0 radical (unpaired) electrons. The zero-order valence-corrected chi connectivity index (χ0v) is 14.5. The van der Waals surface area contributed by atoms with Gasteiger partial charge < -0.3 is 5.32 Å². The van der Waals surface area contributed by atoms with Crippen LogP contribution in [0.2, 0.25) is 0 Å². The molecule has 0 aliphatic carbocycles. The summed E-state index contributed by atoms with van der Waals surface area (Å²) < 4.78 is 2.81. The van der Waals surface area contributed by atoms with E-state index in [2.05, 4.69) is 15.5 Å². The average molecular weight is 343 g/mol. The predicted molar refractivity (Wildman–Crippen MR) is 95.1 cm³/mol. The molecule has 0 fully saturated rings. The number of hydrogen-bond acceptors (Lipinski definition) is 4. The van der Waals surface area contributed by atoms with Crippen molar-refractivity contribution >= 4 is 22.6 Å². The Balaban J connectivity index is 2.26. The van der Waals surface area contributed by atoms with E-state index in [4.69, 9.17) is 0 Å². The number of amides is 1. The van der Waals surface area contributed by atoms with Crippen molar-refractivity contribution in [3.63, 3.8) is 0 Å². The highest BCUT2D eigenvalue weighted by molar-refractivity contribution is 5.98. The lowest BCUT2D eigenvalue weighted by molar-refractivity contribution is 0.0939. The molecule has 0 spiro atoms. The SMILES string of the molecule is CCCn1c(=O)c2ccc(C(=O)NC(C)CC)cc2n2c(=O)[nH]nc12. The van der Waals surface area contributed by atoms with Crippen molar-refractivity contribution in [3.8, 4) is 0 Å². The Morgan fingerprint density at radius 1 is 1.32 bits per heavy atom. The molecule has 25 heavy (non-hydrogen) atoms. The molecule has 1 amide bonds. The molecule has 132 valence electrons. The topological polar surface area (TPSA) is 101 Å². The summed E-state index contributed by atoms with van der Waals surface area (Å²) in [5.41, 5.74) is 0.110. The van der Waals surface area contributed by atoms with Crippen LogP contribution in [0.3, 0.4) is 0 Å². The zero-order chi connectivity index (χ0) is 18.1. The molecule has 2 heterocycles. The fourth-order valence-electron chi connectivity index (χ4n) is 2.80. The molecule has 1 unspecified atom stereocenters. The summed E-state index contributed by atoms with van der Waals surface area (Å²) >= 11 is 0. The van der Waals surface area contributed by atoms with Crippen LogP contribution in [0.1, 0.15) is 44.0 Å². The first-order valence-electron chi connectivity index (χ1n) is 8.42. The number of nitrogens with zero attached hydrogens (tertiary/aromatic N) is 3. The maximum atomic E-state index is 12.7. The van der Waals surface area contributed by atoms with Gasteiger partial charge in [0.25, 0.3) is 11.5 Å². The van der Waals surface area contributed by atoms with E-state index < -0.39 is 5.69 Å². The summed E-state index contributed by atoms with van der Waals surface area (Å²) in [6.07, 6.45) is 1.55. The van der Waals surface area contributed by atoms with Gasteiger partial charge in [0.05, 0.1) is 10.9 Å². The molecule has 0 saturated carbocycles. The van der Waals surface area contributed by atoms with Crippen molar-refractivity contribution < 1.29 is 4.79 Å². The van der Waals surface area contributed by atoms with Gasteiger partial charge in [0.2, 0.25) is 5.78 Å². The minimum Gasteiger partial charge on any atom is -0.350 e. The fourth-order valence-corrected chi connectivity index (χ4v) is 2.80. The van der Waals surface area contributed by atoms with Gasteiger partial charge in [-0.15, -0.1) is 5.10 Å². The highest BCUT2D eigenvalue weighted by Crippen LogP contribution is 2.14. The second kappa shape index (κ2) is 6.54. The standard InChI is InChI=1S/C17H21N5O3/c1-4-8-21-15(24)12-7-6-11(14(23)18-10(3)5-2)9-13(12)22-16(21)19-20-17(22)25/h6-7,9-10H,4-5,8H2,1-3H3,(H,18,23)(H,20,25). The number of hydrogen-bond donors (Lipinski definition) is 2. The lowest BCUT2D eigenvalue weighted by atomic mass is 10.1. The number of aromatic amines is 1. The largest absolute Gasteiger partial charge is 0.350 e. The average Bonchev–Trinajstić information content (AvgIpc) is 2.99. The third-order valence-corrected chi connectivity index (χ3v) is 4.31. The first-order valence-corrected chi connectivity index (χ1v) is 8.42. The van der Waals surface area contributed by atoms with Gasteiger partial charge in [-0.1, -0.05) is 13.8 Å². The van der Waals surface area contributed by atoms with E-state index in [0.717, 1.165) is 12.8 Å². The second-order valence-corrected chi connectivity index (χ2v) is 6.14. The normalized spacial score (nSPS) is 12.6. The number of aryl methyl sites for hydroxylation is 1. The maximum absolute atomic E-state index is 12.7. The zero-order valence-electron chi connectivity index (χ0n) is 14.5. The second-order valence-electron chi connectivity index (χ2n) is 6.14. The Bertz CT molecular complexity index is 1060. The molecule has 8 heteroatoms. The molecule has 0 aliphatic heterocycles. The van der Waals surface area contributed by atoms with Crippen molar-refractivity contribution in [1.29, 1.82) is 0 Å². The first-order chi connectivity index (χ1) is 12.0. The maximum Gasteiger partial charge on any atom is 0.349 e. The Hall–Kier alpha value is -2.90. The van der Waals surface area contributed by atoms with Crippen LogP contribution < -0.4 is 16.6 Å². The van der Waals surface area contributed by atoms with Crippen LogP contribution >= 0.6 is 0 Å². The van der Waals surface area contributed by atoms with Crippen LogP contribution in [-0.2, 0) is 6.54 Å². The van der Waals surface area contributed by atoms with E-state index in [-0.39, 0.29) is 23.3 Å². The van der Waals surface area contributed by atoms with Crippen LogP contribution in [0.25, 0.3) is 16.7 Å². The molecule has 0 bridgehead atoms. The van der Waals surface area contributed by atoms with Crippen LogP contribution in [0, 0.1) is 0 Å². The van der Waals surface area contributed by atoms with Crippen LogP contribution in [0.15, 0.2) is 27.8 Å². The van der Waals surface area contributed by atoms with Crippen LogP contribution in [0.5, 0.6) is 0 Å². The number of fused-ring (bicyclic) bond motifs is 3. The smallest absolute Gasteiger partial charge is 0.349 e. The third-order valence-electron chi connectivity index (χ3n) is 4.31. The summed E-state index contributed by atoms with van der Waals surface area (Å²) in [5, 5.41) is 9.61. The molecule has 0 aliphatic rings. The van der Waals surface area contributed by atoms with Gasteiger partial charge >= 0.3 is 5.69 Å².